The maximum atomic E-state index is 11.2. The van der Waals surface area contributed by atoms with Crippen LogP contribution >= 0.6 is 0 Å². The van der Waals surface area contributed by atoms with Crippen molar-refractivity contribution in [2.45, 2.75) is 52.4 Å². The molecular weight excluding hydrogens is 252 g/mol. The lowest BCUT2D eigenvalue weighted by Crippen LogP contribution is -2.21. The third-order valence-corrected chi connectivity index (χ3v) is 3.18. The maximum absolute atomic E-state index is 11.2. The van der Waals surface area contributed by atoms with Crippen LogP contribution in [0.4, 0.5) is 0 Å². The fourth-order valence-corrected chi connectivity index (χ4v) is 2.11. The molecule has 0 aliphatic carbocycles. The highest BCUT2D eigenvalue weighted by Crippen LogP contribution is 2.40. The van der Waals surface area contributed by atoms with Crippen molar-refractivity contribution in [1.29, 1.82) is 0 Å². The summed E-state index contributed by atoms with van der Waals surface area (Å²) in [4.78, 5) is 11.2. The summed E-state index contributed by atoms with van der Waals surface area (Å²) in [5.41, 5.74) is 2.53. The lowest BCUT2D eigenvalue weighted by molar-refractivity contribution is 0.0484. The van der Waals surface area contributed by atoms with E-state index in [0.29, 0.717) is 5.56 Å². The number of hydrogen-bond acceptors (Lipinski definition) is 3. The summed E-state index contributed by atoms with van der Waals surface area (Å²) in [7, 11) is 1.60. The van der Waals surface area contributed by atoms with Gasteiger partial charge in [0.25, 0.3) is 0 Å². The maximum Gasteiger partial charge on any atom is 0.188 e. The van der Waals surface area contributed by atoms with E-state index in [1.54, 1.807) is 7.11 Å². The van der Waals surface area contributed by atoms with Gasteiger partial charge < -0.3 is 9.47 Å². The van der Waals surface area contributed by atoms with E-state index in [2.05, 4.69) is 41.5 Å². The van der Waals surface area contributed by atoms with E-state index >= 15 is 0 Å². The molecule has 0 N–H and O–H groups in total. The van der Waals surface area contributed by atoms with Gasteiger partial charge in [-0.05, 0) is 23.0 Å². The SMILES string of the molecule is COCOc1c(C(C)(C)C)cc(C=O)cc1C(C)(C)C. The number of rotatable bonds is 4. The second-order valence-electron chi connectivity index (χ2n) is 7.11. The molecule has 0 aromatic heterocycles. The number of hydrogen-bond donors (Lipinski definition) is 0. The van der Waals surface area contributed by atoms with Gasteiger partial charge in [0.15, 0.2) is 6.79 Å². The smallest absolute Gasteiger partial charge is 0.188 e. The van der Waals surface area contributed by atoms with E-state index < -0.39 is 0 Å². The monoisotopic (exact) mass is 278 g/mol. The highest BCUT2D eigenvalue weighted by molar-refractivity contribution is 5.77. The predicted molar refractivity (Wildman–Crippen MR) is 81.7 cm³/mol. The Hall–Kier alpha value is -1.35. The third kappa shape index (κ3) is 3.83. The molecule has 0 aliphatic rings. The molecule has 0 unspecified atom stereocenters. The molecule has 20 heavy (non-hydrogen) atoms. The molecule has 0 amide bonds. The summed E-state index contributed by atoms with van der Waals surface area (Å²) in [6.07, 6.45) is 0.893. The van der Waals surface area contributed by atoms with Crippen LogP contribution < -0.4 is 4.74 Å². The Morgan fingerprint density at radius 2 is 1.45 bits per heavy atom. The van der Waals surface area contributed by atoms with Crippen molar-refractivity contribution in [2.75, 3.05) is 13.9 Å². The number of ether oxygens (including phenoxy) is 2. The zero-order valence-electron chi connectivity index (χ0n) is 13.7. The van der Waals surface area contributed by atoms with Crippen molar-refractivity contribution in [3.8, 4) is 5.75 Å². The molecule has 0 heterocycles. The molecule has 1 aromatic carbocycles. The summed E-state index contributed by atoms with van der Waals surface area (Å²) in [5, 5.41) is 0. The van der Waals surface area contributed by atoms with Gasteiger partial charge in [0, 0.05) is 23.8 Å². The molecule has 112 valence electrons. The Bertz CT molecular complexity index is 441. The molecule has 0 radical (unpaired) electrons. The first-order valence-corrected chi connectivity index (χ1v) is 6.87. The Morgan fingerprint density at radius 1 is 1.00 bits per heavy atom. The van der Waals surface area contributed by atoms with Gasteiger partial charge in [-0.25, -0.2) is 0 Å². The van der Waals surface area contributed by atoms with Crippen LogP contribution in [0.25, 0.3) is 0 Å². The molecule has 0 spiro atoms. The first kappa shape index (κ1) is 16.7. The first-order chi connectivity index (χ1) is 9.11. The van der Waals surface area contributed by atoms with E-state index in [0.717, 1.165) is 23.2 Å². The van der Waals surface area contributed by atoms with Gasteiger partial charge >= 0.3 is 0 Å². The van der Waals surface area contributed by atoms with Gasteiger partial charge in [0.05, 0.1) is 0 Å². The van der Waals surface area contributed by atoms with Crippen molar-refractivity contribution in [1.82, 2.24) is 0 Å². The van der Waals surface area contributed by atoms with Crippen LogP contribution in [0.2, 0.25) is 0 Å². The Morgan fingerprint density at radius 3 is 1.75 bits per heavy atom. The zero-order chi connectivity index (χ0) is 15.6. The van der Waals surface area contributed by atoms with E-state index in [1.807, 2.05) is 12.1 Å². The molecule has 0 saturated heterocycles. The van der Waals surface area contributed by atoms with E-state index in [1.165, 1.54) is 0 Å². The average molecular weight is 278 g/mol. The van der Waals surface area contributed by atoms with Crippen LogP contribution in [0.5, 0.6) is 5.75 Å². The molecule has 0 atom stereocenters. The fraction of sp³-hybridized carbons (Fsp3) is 0.588. The quantitative estimate of drug-likeness (QED) is 0.615. The highest BCUT2D eigenvalue weighted by Gasteiger charge is 2.27. The van der Waals surface area contributed by atoms with E-state index in [4.69, 9.17) is 9.47 Å². The molecular formula is C17H26O3. The Labute approximate surface area is 122 Å². The van der Waals surface area contributed by atoms with Gasteiger partial charge in [-0.15, -0.1) is 0 Å². The lowest BCUT2D eigenvalue weighted by Gasteiger charge is -2.30. The minimum atomic E-state index is -0.109. The largest absolute Gasteiger partial charge is 0.467 e. The predicted octanol–water partition coefficient (Wildman–Crippen LogP) is 4.08. The first-order valence-electron chi connectivity index (χ1n) is 6.87. The summed E-state index contributed by atoms with van der Waals surface area (Å²) >= 11 is 0. The lowest BCUT2D eigenvalue weighted by atomic mass is 9.78. The van der Waals surface area contributed by atoms with Crippen molar-refractivity contribution in [3.63, 3.8) is 0 Å². The number of aldehydes is 1. The van der Waals surface area contributed by atoms with Gasteiger partial charge in [-0.2, -0.15) is 0 Å². The average Bonchev–Trinajstić information content (AvgIpc) is 2.33. The van der Waals surface area contributed by atoms with Crippen LogP contribution in [-0.2, 0) is 15.6 Å². The second kappa shape index (κ2) is 5.96. The minimum Gasteiger partial charge on any atom is -0.467 e. The van der Waals surface area contributed by atoms with E-state index in [-0.39, 0.29) is 17.6 Å². The Kier molecular flexibility index (Phi) is 4.98. The molecule has 1 aromatic rings. The van der Waals surface area contributed by atoms with Crippen molar-refractivity contribution >= 4 is 6.29 Å². The fourth-order valence-electron chi connectivity index (χ4n) is 2.11. The highest BCUT2D eigenvalue weighted by atomic mass is 16.7. The summed E-state index contributed by atoms with van der Waals surface area (Å²) in [6.45, 7) is 12.9. The molecule has 0 fully saturated rings. The minimum absolute atomic E-state index is 0.109. The van der Waals surface area contributed by atoms with Crippen molar-refractivity contribution < 1.29 is 14.3 Å². The number of carbonyl (C=O) groups is 1. The molecule has 0 saturated carbocycles. The molecule has 0 bridgehead atoms. The van der Waals surface area contributed by atoms with Crippen LogP contribution in [-0.4, -0.2) is 20.2 Å². The Balaban J connectivity index is 3.58. The molecule has 1 rings (SSSR count). The standard InChI is InChI=1S/C17H26O3/c1-16(2,3)13-8-12(10-18)9-14(17(4,5)6)15(13)20-11-19-7/h8-10H,11H2,1-7H3. The number of carbonyl (C=O) groups excluding carboxylic acids is 1. The third-order valence-electron chi connectivity index (χ3n) is 3.18. The van der Waals surface area contributed by atoms with Gasteiger partial charge in [-0.3, -0.25) is 4.79 Å². The summed E-state index contributed by atoms with van der Waals surface area (Å²) in [5.74, 6) is 0.831. The van der Waals surface area contributed by atoms with Gasteiger partial charge in [0.1, 0.15) is 12.0 Å². The van der Waals surface area contributed by atoms with Gasteiger partial charge in [-0.1, -0.05) is 41.5 Å². The van der Waals surface area contributed by atoms with Crippen LogP contribution in [0.3, 0.4) is 0 Å². The van der Waals surface area contributed by atoms with Gasteiger partial charge in [0.2, 0.25) is 0 Å². The normalized spacial score (nSPS) is 12.3. The molecule has 3 nitrogen and oxygen atoms in total. The topological polar surface area (TPSA) is 35.5 Å². The molecule has 0 aliphatic heterocycles. The zero-order valence-corrected chi connectivity index (χ0v) is 13.7. The summed E-state index contributed by atoms with van der Waals surface area (Å²) in [6, 6.07) is 3.82. The summed E-state index contributed by atoms with van der Waals surface area (Å²) < 4.78 is 10.9. The van der Waals surface area contributed by atoms with Crippen molar-refractivity contribution in [2.24, 2.45) is 0 Å². The van der Waals surface area contributed by atoms with Crippen LogP contribution in [0.1, 0.15) is 63.0 Å². The van der Waals surface area contributed by atoms with Crippen molar-refractivity contribution in [3.05, 3.63) is 28.8 Å². The number of methoxy groups -OCH3 is 1. The number of benzene rings is 1. The van der Waals surface area contributed by atoms with Crippen LogP contribution in [0.15, 0.2) is 12.1 Å². The second-order valence-corrected chi connectivity index (χ2v) is 7.11. The van der Waals surface area contributed by atoms with Crippen LogP contribution in [0, 0.1) is 0 Å². The van der Waals surface area contributed by atoms with E-state index in [9.17, 15) is 4.79 Å². The molecule has 3 heteroatoms.